The fourth-order valence-electron chi connectivity index (χ4n) is 2.36. The van der Waals surface area contributed by atoms with Crippen LogP contribution in [0.25, 0.3) is 0 Å². The number of sulfonamides is 1. The van der Waals surface area contributed by atoms with E-state index in [0.29, 0.717) is 12.4 Å². The van der Waals surface area contributed by atoms with Crippen molar-refractivity contribution in [1.82, 2.24) is 15.2 Å². The summed E-state index contributed by atoms with van der Waals surface area (Å²) in [7, 11) is -2.43. The van der Waals surface area contributed by atoms with Crippen molar-refractivity contribution in [3.05, 3.63) is 66.0 Å². The summed E-state index contributed by atoms with van der Waals surface area (Å²) in [6.45, 7) is 2.34. The molecule has 27 heavy (non-hydrogen) atoms. The number of nitrogens with one attached hydrogen (secondary N) is 2. The number of anilines is 2. The van der Waals surface area contributed by atoms with Crippen molar-refractivity contribution >= 4 is 21.7 Å². The molecule has 0 aliphatic rings. The minimum absolute atomic E-state index is 0.0468. The quantitative estimate of drug-likeness (QED) is 0.644. The number of pyridine rings is 1. The summed E-state index contributed by atoms with van der Waals surface area (Å²) in [4.78, 5) is 4.08. The molecule has 0 aliphatic heterocycles. The van der Waals surface area contributed by atoms with Crippen LogP contribution in [-0.2, 0) is 16.6 Å². The molecule has 0 atom stereocenters. The number of benzene rings is 1. The Labute approximate surface area is 157 Å². The normalized spacial score (nSPS) is 11.0. The van der Waals surface area contributed by atoms with Crippen molar-refractivity contribution < 1.29 is 13.2 Å². The predicted octanol–water partition coefficient (Wildman–Crippen LogP) is 2.60. The third-order valence-corrected chi connectivity index (χ3v) is 5.08. The number of aryl methyl sites for hydroxylation is 1. The summed E-state index contributed by atoms with van der Waals surface area (Å²) in [5.74, 6) is 0.899. The van der Waals surface area contributed by atoms with Crippen LogP contribution in [0.2, 0.25) is 0 Å². The zero-order chi connectivity index (χ0) is 19.3. The van der Waals surface area contributed by atoms with Crippen LogP contribution in [-0.4, -0.2) is 30.7 Å². The van der Waals surface area contributed by atoms with Gasteiger partial charge in [-0.2, -0.15) is 0 Å². The average Bonchev–Trinajstić information content (AvgIpc) is 2.68. The molecule has 0 radical (unpaired) electrons. The van der Waals surface area contributed by atoms with Gasteiger partial charge in [-0.3, -0.25) is 9.71 Å². The van der Waals surface area contributed by atoms with E-state index >= 15 is 0 Å². The number of methoxy groups -OCH3 is 1. The van der Waals surface area contributed by atoms with Crippen molar-refractivity contribution in [2.45, 2.75) is 18.4 Å². The number of nitrogens with zero attached hydrogens (tertiary/aromatic N) is 3. The third-order valence-electron chi connectivity index (χ3n) is 3.71. The molecule has 0 fully saturated rings. The molecule has 0 amide bonds. The molecule has 0 saturated carbocycles. The molecule has 1 aromatic carbocycles. The number of hydrogen-bond acceptors (Lipinski definition) is 7. The topological polar surface area (TPSA) is 106 Å². The highest BCUT2D eigenvalue weighted by Gasteiger charge is 2.20. The van der Waals surface area contributed by atoms with E-state index in [1.807, 2.05) is 12.1 Å². The van der Waals surface area contributed by atoms with Gasteiger partial charge in [-0.15, -0.1) is 10.2 Å². The van der Waals surface area contributed by atoms with Gasteiger partial charge in [-0.1, -0.05) is 12.1 Å². The fraction of sp³-hybridized carbons (Fsp3) is 0.167. The highest BCUT2D eigenvalue weighted by Crippen LogP contribution is 2.26. The molecule has 0 spiro atoms. The van der Waals surface area contributed by atoms with Gasteiger partial charge in [0.1, 0.15) is 16.5 Å². The van der Waals surface area contributed by atoms with Gasteiger partial charge in [0, 0.05) is 18.9 Å². The summed E-state index contributed by atoms with van der Waals surface area (Å²) in [5.41, 5.74) is 1.80. The molecule has 140 valence electrons. The Bertz CT molecular complexity index is 1010. The maximum absolute atomic E-state index is 12.6. The van der Waals surface area contributed by atoms with E-state index in [1.165, 1.54) is 7.11 Å². The van der Waals surface area contributed by atoms with Gasteiger partial charge in [0.15, 0.2) is 5.82 Å². The second kappa shape index (κ2) is 8.00. The highest BCUT2D eigenvalue weighted by atomic mass is 32.2. The second-order valence-corrected chi connectivity index (χ2v) is 7.43. The molecular formula is C18H19N5O3S. The first-order valence-electron chi connectivity index (χ1n) is 8.12. The van der Waals surface area contributed by atoms with Crippen molar-refractivity contribution in [2.75, 3.05) is 17.1 Å². The van der Waals surface area contributed by atoms with E-state index in [4.69, 9.17) is 4.74 Å². The first kappa shape index (κ1) is 18.6. The molecule has 9 heteroatoms. The summed E-state index contributed by atoms with van der Waals surface area (Å²) in [6.07, 6.45) is 3.45. The summed E-state index contributed by atoms with van der Waals surface area (Å²) < 4.78 is 32.9. The van der Waals surface area contributed by atoms with E-state index in [0.717, 1.165) is 11.1 Å². The summed E-state index contributed by atoms with van der Waals surface area (Å²) >= 11 is 0. The van der Waals surface area contributed by atoms with Crippen LogP contribution in [0.5, 0.6) is 5.75 Å². The third kappa shape index (κ3) is 4.70. The zero-order valence-electron chi connectivity index (χ0n) is 14.9. The van der Waals surface area contributed by atoms with Crippen LogP contribution in [0, 0.1) is 6.92 Å². The van der Waals surface area contributed by atoms with Crippen molar-refractivity contribution in [1.29, 1.82) is 0 Å². The van der Waals surface area contributed by atoms with Crippen molar-refractivity contribution in [2.24, 2.45) is 0 Å². The first-order valence-corrected chi connectivity index (χ1v) is 9.60. The molecule has 3 rings (SSSR count). The monoisotopic (exact) mass is 385 g/mol. The fourth-order valence-corrected chi connectivity index (χ4v) is 3.61. The molecule has 0 unspecified atom stereocenters. The van der Waals surface area contributed by atoms with Crippen molar-refractivity contribution in [3.63, 3.8) is 0 Å². The van der Waals surface area contributed by atoms with Gasteiger partial charge in [0.05, 0.1) is 7.11 Å². The average molecular weight is 385 g/mol. The minimum atomic E-state index is -3.85. The molecule has 3 aromatic rings. The molecule has 2 aromatic heterocycles. The predicted molar refractivity (Wildman–Crippen MR) is 102 cm³/mol. The van der Waals surface area contributed by atoms with Crippen LogP contribution in [0.1, 0.15) is 11.1 Å². The lowest BCUT2D eigenvalue weighted by Crippen LogP contribution is -2.15. The van der Waals surface area contributed by atoms with Crippen LogP contribution < -0.4 is 14.8 Å². The molecule has 8 nitrogen and oxygen atoms in total. The smallest absolute Gasteiger partial charge is 0.266 e. The number of aromatic nitrogens is 3. The van der Waals surface area contributed by atoms with Gasteiger partial charge in [-0.05, 0) is 48.4 Å². The SMILES string of the molecule is COc1ccc(C)cc1S(=O)(=O)Nc1ccc(NCc2cccnc2)nn1. The largest absolute Gasteiger partial charge is 0.495 e. The van der Waals surface area contributed by atoms with E-state index in [9.17, 15) is 8.42 Å². The van der Waals surface area contributed by atoms with Gasteiger partial charge >= 0.3 is 0 Å². The molecular weight excluding hydrogens is 366 g/mol. The highest BCUT2D eigenvalue weighted by molar-refractivity contribution is 7.92. The second-order valence-electron chi connectivity index (χ2n) is 5.78. The number of ether oxygens (including phenoxy) is 1. The van der Waals surface area contributed by atoms with Gasteiger partial charge < -0.3 is 10.1 Å². The van der Waals surface area contributed by atoms with Crippen molar-refractivity contribution in [3.8, 4) is 5.75 Å². The lowest BCUT2D eigenvalue weighted by atomic mass is 10.2. The van der Waals surface area contributed by atoms with Gasteiger partial charge in [0.2, 0.25) is 0 Å². The number of hydrogen-bond donors (Lipinski definition) is 2. The van der Waals surface area contributed by atoms with Crippen LogP contribution in [0.15, 0.2) is 59.8 Å². The Morgan fingerprint density at radius 1 is 1.07 bits per heavy atom. The Balaban J connectivity index is 1.71. The summed E-state index contributed by atoms with van der Waals surface area (Å²) in [6, 6.07) is 11.9. The Morgan fingerprint density at radius 3 is 2.52 bits per heavy atom. The Morgan fingerprint density at radius 2 is 1.85 bits per heavy atom. The van der Waals surface area contributed by atoms with E-state index in [1.54, 1.807) is 49.6 Å². The van der Waals surface area contributed by atoms with E-state index in [2.05, 4.69) is 25.2 Å². The first-order chi connectivity index (χ1) is 13.0. The lowest BCUT2D eigenvalue weighted by molar-refractivity contribution is 0.402. The molecule has 2 N–H and O–H groups in total. The molecule has 0 bridgehead atoms. The molecule has 0 aliphatic carbocycles. The number of rotatable bonds is 7. The molecule has 2 heterocycles. The Hall–Kier alpha value is -3.20. The van der Waals surface area contributed by atoms with E-state index < -0.39 is 10.0 Å². The maximum Gasteiger partial charge on any atom is 0.266 e. The standard InChI is InChI=1S/C18H19N5O3S/c1-13-5-6-15(26-2)16(10-13)27(24,25)23-18-8-7-17(21-22-18)20-12-14-4-3-9-19-11-14/h3-11H,12H2,1-2H3,(H,20,21)(H,22,23). The van der Waals surface area contributed by atoms with Crippen LogP contribution >= 0.6 is 0 Å². The van der Waals surface area contributed by atoms with Crippen LogP contribution in [0.3, 0.4) is 0 Å². The lowest BCUT2D eigenvalue weighted by Gasteiger charge is -2.12. The van der Waals surface area contributed by atoms with Gasteiger partial charge in [0.25, 0.3) is 10.0 Å². The summed E-state index contributed by atoms with van der Waals surface area (Å²) in [5, 5.41) is 11.0. The van der Waals surface area contributed by atoms with Gasteiger partial charge in [-0.25, -0.2) is 8.42 Å². The maximum atomic E-state index is 12.6. The minimum Gasteiger partial charge on any atom is -0.495 e. The van der Waals surface area contributed by atoms with Crippen LogP contribution in [0.4, 0.5) is 11.6 Å². The molecule has 0 saturated heterocycles. The van der Waals surface area contributed by atoms with E-state index in [-0.39, 0.29) is 16.5 Å². The zero-order valence-corrected chi connectivity index (χ0v) is 15.7. The Kier molecular flexibility index (Phi) is 5.51.